The maximum Gasteiger partial charge on any atom is 0.213 e. The number of hydrogen-bond acceptors (Lipinski definition) is 5. The van der Waals surface area contributed by atoms with E-state index in [4.69, 9.17) is 15.2 Å². The number of morpholine rings is 1. The van der Waals surface area contributed by atoms with Gasteiger partial charge in [-0.25, -0.2) is 9.98 Å². The van der Waals surface area contributed by atoms with Crippen molar-refractivity contribution in [2.45, 2.75) is 25.8 Å². The number of ether oxygens (including phenoxy) is 2. The summed E-state index contributed by atoms with van der Waals surface area (Å²) in [5.74, 6) is 1.89. The molecule has 1 saturated carbocycles. The lowest BCUT2D eigenvalue weighted by Gasteiger charge is -2.26. The van der Waals surface area contributed by atoms with Gasteiger partial charge in [-0.3, -0.25) is 4.90 Å². The minimum atomic E-state index is 0. The monoisotopic (exact) mass is 475 g/mol. The molecule has 1 aromatic heterocycles. The Hall–Kier alpha value is -1.13. The Kier molecular flexibility index (Phi) is 9.41. The molecule has 2 heterocycles. The zero-order valence-corrected chi connectivity index (χ0v) is 17.6. The average molecular weight is 475 g/mol. The lowest BCUT2D eigenvalue weighted by molar-refractivity contribution is 0.0376. The summed E-state index contributed by atoms with van der Waals surface area (Å²) in [6.45, 7) is 6.93. The summed E-state index contributed by atoms with van der Waals surface area (Å²) in [7, 11) is 0. The van der Waals surface area contributed by atoms with Gasteiger partial charge in [0.15, 0.2) is 5.96 Å². The van der Waals surface area contributed by atoms with Crippen LogP contribution in [0.2, 0.25) is 0 Å². The minimum Gasteiger partial charge on any atom is -0.477 e. The molecule has 0 unspecified atom stereocenters. The molecule has 8 heteroatoms. The van der Waals surface area contributed by atoms with Gasteiger partial charge in [-0.15, -0.1) is 24.0 Å². The van der Waals surface area contributed by atoms with Gasteiger partial charge in [-0.1, -0.05) is 0 Å². The molecule has 2 aliphatic rings. The highest BCUT2D eigenvalue weighted by Crippen LogP contribution is 2.29. The third-order valence-electron chi connectivity index (χ3n) is 4.46. The summed E-state index contributed by atoms with van der Waals surface area (Å²) in [5.41, 5.74) is 7.00. The van der Waals surface area contributed by atoms with E-state index in [0.717, 1.165) is 63.9 Å². The smallest absolute Gasteiger partial charge is 0.213 e. The fourth-order valence-electron chi connectivity index (χ4n) is 2.69. The number of nitrogens with two attached hydrogens (primary N) is 1. The number of guanidine groups is 1. The lowest BCUT2D eigenvalue weighted by atomic mass is 10.3. The molecule has 146 valence electrons. The molecule has 26 heavy (non-hydrogen) atoms. The summed E-state index contributed by atoms with van der Waals surface area (Å²) in [6, 6.07) is 3.89. The van der Waals surface area contributed by atoms with E-state index in [1.54, 1.807) is 6.20 Å². The summed E-state index contributed by atoms with van der Waals surface area (Å²) in [6.07, 6.45) is 5.36. The van der Waals surface area contributed by atoms with Crippen LogP contribution in [0.15, 0.2) is 23.3 Å². The first-order valence-corrected chi connectivity index (χ1v) is 9.21. The highest BCUT2D eigenvalue weighted by molar-refractivity contribution is 14.0. The molecule has 0 bridgehead atoms. The van der Waals surface area contributed by atoms with Gasteiger partial charge in [0.25, 0.3) is 0 Å². The van der Waals surface area contributed by atoms with Crippen LogP contribution in [-0.4, -0.2) is 61.8 Å². The molecular formula is C18H30IN5O2. The van der Waals surface area contributed by atoms with Crippen molar-refractivity contribution < 1.29 is 9.47 Å². The third-order valence-corrected chi connectivity index (χ3v) is 4.46. The maximum atomic E-state index is 5.94. The fourth-order valence-corrected chi connectivity index (χ4v) is 2.69. The highest BCUT2D eigenvalue weighted by Gasteiger charge is 2.22. The van der Waals surface area contributed by atoms with Crippen LogP contribution in [0.5, 0.6) is 5.88 Å². The minimum absolute atomic E-state index is 0. The van der Waals surface area contributed by atoms with Crippen LogP contribution in [0.3, 0.4) is 0 Å². The second-order valence-electron chi connectivity index (χ2n) is 6.69. The van der Waals surface area contributed by atoms with Crippen molar-refractivity contribution in [3.8, 4) is 5.88 Å². The number of nitrogens with one attached hydrogen (secondary N) is 1. The van der Waals surface area contributed by atoms with Crippen LogP contribution < -0.4 is 15.8 Å². The summed E-state index contributed by atoms with van der Waals surface area (Å²) >= 11 is 0. The lowest BCUT2D eigenvalue weighted by Crippen LogP contribution is -2.39. The van der Waals surface area contributed by atoms with Crippen LogP contribution in [0, 0.1) is 5.92 Å². The summed E-state index contributed by atoms with van der Waals surface area (Å²) < 4.78 is 11.0. The van der Waals surface area contributed by atoms with Gasteiger partial charge < -0.3 is 20.5 Å². The largest absolute Gasteiger partial charge is 0.477 e. The number of pyridine rings is 1. The Morgan fingerprint density at radius 3 is 2.96 bits per heavy atom. The molecule has 3 rings (SSSR count). The van der Waals surface area contributed by atoms with Crippen molar-refractivity contribution in [1.29, 1.82) is 0 Å². The van der Waals surface area contributed by atoms with Crippen LogP contribution in [-0.2, 0) is 11.3 Å². The molecule has 1 aliphatic carbocycles. The van der Waals surface area contributed by atoms with Crippen molar-refractivity contribution >= 4 is 29.9 Å². The molecule has 1 aliphatic heterocycles. The van der Waals surface area contributed by atoms with Crippen LogP contribution in [0.25, 0.3) is 0 Å². The predicted molar refractivity (Wildman–Crippen MR) is 113 cm³/mol. The molecule has 1 aromatic rings. The second-order valence-corrected chi connectivity index (χ2v) is 6.69. The first-order valence-electron chi connectivity index (χ1n) is 9.21. The van der Waals surface area contributed by atoms with Gasteiger partial charge in [0.05, 0.1) is 26.4 Å². The van der Waals surface area contributed by atoms with E-state index in [2.05, 4.69) is 20.2 Å². The molecule has 1 saturated heterocycles. The predicted octanol–water partition coefficient (Wildman–Crippen LogP) is 1.61. The maximum absolute atomic E-state index is 5.94. The van der Waals surface area contributed by atoms with Crippen LogP contribution in [0.1, 0.15) is 24.8 Å². The van der Waals surface area contributed by atoms with E-state index in [9.17, 15) is 0 Å². The molecule has 0 aromatic carbocycles. The zero-order chi connectivity index (χ0) is 17.3. The quantitative estimate of drug-likeness (QED) is 0.245. The second kappa shape index (κ2) is 11.6. The molecular weight excluding hydrogens is 445 g/mol. The number of aromatic nitrogens is 1. The fraction of sp³-hybridized carbons (Fsp3) is 0.667. The number of aliphatic imine (C=N–C) groups is 1. The molecule has 3 N–H and O–H groups in total. The van der Waals surface area contributed by atoms with Gasteiger partial charge in [-0.2, -0.15) is 0 Å². The summed E-state index contributed by atoms with van der Waals surface area (Å²) in [4.78, 5) is 11.0. The standard InChI is InChI=1S/C18H29N5O2.HI/c19-18(21-5-1-7-23-8-10-24-11-9-23)22-13-16-4-6-20-17(12-16)25-14-15-2-3-15;/h4,6,12,15H,1-3,5,7-11,13-14H2,(H3,19,21,22);1H. The first kappa shape index (κ1) is 21.2. The molecule has 0 atom stereocenters. The van der Waals surface area contributed by atoms with Crippen molar-refractivity contribution in [3.63, 3.8) is 0 Å². The van der Waals surface area contributed by atoms with E-state index in [0.29, 0.717) is 18.4 Å². The van der Waals surface area contributed by atoms with E-state index in [1.807, 2.05) is 12.1 Å². The number of hydrogen-bond donors (Lipinski definition) is 2. The SMILES string of the molecule is I.NC(=NCc1ccnc(OCC2CC2)c1)NCCCN1CCOCC1. The first-order chi connectivity index (χ1) is 12.3. The van der Waals surface area contributed by atoms with E-state index in [1.165, 1.54) is 12.8 Å². The van der Waals surface area contributed by atoms with Gasteiger partial charge in [0, 0.05) is 31.9 Å². The van der Waals surface area contributed by atoms with E-state index < -0.39 is 0 Å². The van der Waals surface area contributed by atoms with Crippen LogP contribution >= 0.6 is 24.0 Å². The highest BCUT2D eigenvalue weighted by atomic mass is 127. The van der Waals surface area contributed by atoms with Crippen molar-refractivity contribution in [3.05, 3.63) is 23.9 Å². The Bertz CT molecular complexity index is 562. The van der Waals surface area contributed by atoms with Gasteiger partial charge in [0.1, 0.15) is 0 Å². The molecule has 0 spiro atoms. The van der Waals surface area contributed by atoms with Crippen molar-refractivity contribution in [2.24, 2.45) is 16.6 Å². The van der Waals surface area contributed by atoms with Crippen molar-refractivity contribution in [2.75, 3.05) is 46.0 Å². The van der Waals surface area contributed by atoms with Gasteiger partial charge >= 0.3 is 0 Å². The van der Waals surface area contributed by atoms with Crippen molar-refractivity contribution in [1.82, 2.24) is 15.2 Å². The zero-order valence-electron chi connectivity index (χ0n) is 15.2. The van der Waals surface area contributed by atoms with Gasteiger partial charge in [-0.05, 0) is 43.4 Å². The number of nitrogens with zero attached hydrogens (tertiary/aromatic N) is 3. The topological polar surface area (TPSA) is 85.0 Å². The Labute approximate surface area is 172 Å². The van der Waals surface area contributed by atoms with E-state index >= 15 is 0 Å². The summed E-state index contributed by atoms with van der Waals surface area (Å²) in [5, 5.41) is 3.18. The molecule has 2 fully saturated rings. The normalized spacial score (nSPS) is 18.2. The molecule has 0 radical (unpaired) electrons. The number of halogens is 1. The van der Waals surface area contributed by atoms with E-state index in [-0.39, 0.29) is 24.0 Å². The third kappa shape index (κ3) is 8.05. The Morgan fingerprint density at radius 1 is 1.38 bits per heavy atom. The van der Waals surface area contributed by atoms with Crippen LogP contribution in [0.4, 0.5) is 0 Å². The molecule has 0 amide bonds. The van der Waals surface area contributed by atoms with Gasteiger partial charge in [0.2, 0.25) is 5.88 Å². The Balaban J connectivity index is 0.00000243. The molecule has 7 nitrogen and oxygen atoms in total. The Morgan fingerprint density at radius 2 is 2.19 bits per heavy atom. The number of rotatable bonds is 9. The average Bonchev–Trinajstić information content (AvgIpc) is 3.48.